The number of benzene rings is 2. The molecule has 24 heavy (non-hydrogen) atoms. The fraction of sp³-hybridized carbons (Fsp3) is 0.0556. The SMILES string of the molecule is Cc1nc(-c2ccccc2)ncc1C(=O)Nc1ccc(Cl)c(Cl)c1. The van der Waals surface area contributed by atoms with Crippen LogP contribution in [0.2, 0.25) is 10.0 Å². The van der Waals surface area contributed by atoms with Crippen molar-refractivity contribution in [3.63, 3.8) is 0 Å². The van der Waals surface area contributed by atoms with Crippen molar-refractivity contribution in [3.8, 4) is 11.4 Å². The Labute approximate surface area is 149 Å². The fourth-order valence-corrected chi connectivity index (χ4v) is 2.49. The number of anilines is 1. The average Bonchev–Trinajstić information content (AvgIpc) is 2.59. The Balaban J connectivity index is 1.84. The van der Waals surface area contributed by atoms with Gasteiger partial charge >= 0.3 is 0 Å². The summed E-state index contributed by atoms with van der Waals surface area (Å²) < 4.78 is 0. The number of hydrogen-bond donors (Lipinski definition) is 1. The number of halogens is 2. The molecular weight excluding hydrogens is 345 g/mol. The van der Waals surface area contributed by atoms with Gasteiger partial charge in [0.05, 0.1) is 21.3 Å². The molecule has 0 aliphatic carbocycles. The molecule has 0 aliphatic heterocycles. The highest BCUT2D eigenvalue weighted by molar-refractivity contribution is 6.42. The molecule has 1 amide bonds. The van der Waals surface area contributed by atoms with Crippen molar-refractivity contribution in [2.75, 3.05) is 5.32 Å². The van der Waals surface area contributed by atoms with E-state index < -0.39 is 0 Å². The van der Waals surface area contributed by atoms with Gasteiger partial charge in [-0.3, -0.25) is 4.79 Å². The van der Waals surface area contributed by atoms with Gasteiger partial charge in [0.25, 0.3) is 5.91 Å². The Morgan fingerprint density at radius 3 is 2.46 bits per heavy atom. The van der Waals surface area contributed by atoms with E-state index in [2.05, 4.69) is 15.3 Å². The van der Waals surface area contributed by atoms with Gasteiger partial charge in [-0.2, -0.15) is 0 Å². The highest BCUT2D eigenvalue weighted by atomic mass is 35.5. The summed E-state index contributed by atoms with van der Waals surface area (Å²) >= 11 is 11.8. The number of rotatable bonds is 3. The van der Waals surface area contributed by atoms with Crippen LogP contribution in [0.15, 0.2) is 54.7 Å². The molecule has 1 aromatic heterocycles. The molecule has 0 bridgehead atoms. The van der Waals surface area contributed by atoms with Gasteiger partial charge < -0.3 is 5.32 Å². The number of aromatic nitrogens is 2. The number of aryl methyl sites for hydroxylation is 1. The van der Waals surface area contributed by atoms with Crippen LogP contribution < -0.4 is 5.32 Å². The van der Waals surface area contributed by atoms with Gasteiger partial charge in [-0.1, -0.05) is 53.5 Å². The number of amides is 1. The smallest absolute Gasteiger partial charge is 0.259 e. The lowest BCUT2D eigenvalue weighted by atomic mass is 10.2. The molecule has 3 rings (SSSR count). The quantitative estimate of drug-likeness (QED) is 0.716. The maximum atomic E-state index is 12.4. The van der Waals surface area contributed by atoms with Crippen LogP contribution >= 0.6 is 23.2 Å². The van der Waals surface area contributed by atoms with Crippen LogP contribution in [0.3, 0.4) is 0 Å². The summed E-state index contributed by atoms with van der Waals surface area (Å²) in [5, 5.41) is 3.57. The molecular formula is C18H13Cl2N3O. The van der Waals surface area contributed by atoms with E-state index in [1.54, 1.807) is 25.1 Å². The normalized spacial score (nSPS) is 10.5. The summed E-state index contributed by atoms with van der Waals surface area (Å²) in [6, 6.07) is 14.5. The van der Waals surface area contributed by atoms with Gasteiger partial charge in [0.2, 0.25) is 0 Å². The molecule has 0 saturated carbocycles. The average molecular weight is 358 g/mol. The lowest BCUT2D eigenvalue weighted by molar-refractivity contribution is 0.102. The Morgan fingerprint density at radius 1 is 1.04 bits per heavy atom. The molecule has 4 nitrogen and oxygen atoms in total. The second-order valence-corrected chi connectivity index (χ2v) is 5.96. The van der Waals surface area contributed by atoms with Crippen LogP contribution in [0.1, 0.15) is 16.1 Å². The predicted octanol–water partition coefficient (Wildman–Crippen LogP) is 5.01. The molecule has 0 aliphatic rings. The number of carbonyl (C=O) groups excluding carboxylic acids is 1. The van der Waals surface area contributed by atoms with Crippen LogP contribution in [0.4, 0.5) is 5.69 Å². The van der Waals surface area contributed by atoms with Gasteiger partial charge in [0.15, 0.2) is 5.82 Å². The fourth-order valence-electron chi connectivity index (χ4n) is 2.19. The van der Waals surface area contributed by atoms with Crippen molar-refractivity contribution in [2.24, 2.45) is 0 Å². The summed E-state index contributed by atoms with van der Waals surface area (Å²) in [5.41, 5.74) is 2.46. The number of nitrogens with zero attached hydrogens (tertiary/aromatic N) is 2. The summed E-state index contributed by atoms with van der Waals surface area (Å²) in [5.74, 6) is 0.282. The molecule has 0 spiro atoms. The maximum Gasteiger partial charge on any atom is 0.259 e. The number of hydrogen-bond acceptors (Lipinski definition) is 3. The van der Waals surface area contributed by atoms with Crippen molar-refractivity contribution in [2.45, 2.75) is 6.92 Å². The summed E-state index contributed by atoms with van der Waals surface area (Å²) in [4.78, 5) is 21.1. The van der Waals surface area contributed by atoms with Crippen molar-refractivity contribution in [1.29, 1.82) is 0 Å². The highest BCUT2D eigenvalue weighted by Crippen LogP contribution is 2.25. The Morgan fingerprint density at radius 2 is 1.79 bits per heavy atom. The van der Waals surface area contributed by atoms with Crippen molar-refractivity contribution in [1.82, 2.24) is 9.97 Å². The lowest BCUT2D eigenvalue weighted by Gasteiger charge is -2.09. The van der Waals surface area contributed by atoms with E-state index in [-0.39, 0.29) is 5.91 Å². The molecule has 120 valence electrons. The minimum absolute atomic E-state index is 0.300. The molecule has 0 saturated heterocycles. The molecule has 0 unspecified atom stereocenters. The molecule has 0 atom stereocenters. The molecule has 3 aromatic rings. The van der Waals surface area contributed by atoms with Crippen LogP contribution in [0, 0.1) is 6.92 Å². The zero-order valence-corrected chi connectivity index (χ0v) is 14.3. The van der Waals surface area contributed by atoms with Crippen LogP contribution in [0.5, 0.6) is 0 Å². The molecule has 1 N–H and O–H groups in total. The van der Waals surface area contributed by atoms with Gasteiger partial charge in [-0.15, -0.1) is 0 Å². The second-order valence-electron chi connectivity index (χ2n) is 5.14. The predicted molar refractivity (Wildman–Crippen MR) is 96.6 cm³/mol. The van der Waals surface area contributed by atoms with E-state index >= 15 is 0 Å². The van der Waals surface area contributed by atoms with Crippen LogP contribution in [-0.4, -0.2) is 15.9 Å². The summed E-state index contributed by atoms with van der Waals surface area (Å²) in [7, 11) is 0. The minimum Gasteiger partial charge on any atom is -0.322 e. The first-order valence-corrected chi connectivity index (χ1v) is 7.95. The largest absolute Gasteiger partial charge is 0.322 e. The Bertz CT molecular complexity index is 898. The zero-order valence-electron chi connectivity index (χ0n) is 12.8. The monoisotopic (exact) mass is 357 g/mol. The van der Waals surface area contributed by atoms with E-state index in [1.807, 2.05) is 30.3 Å². The Kier molecular flexibility index (Phi) is 4.79. The number of nitrogens with one attached hydrogen (secondary N) is 1. The van der Waals surface area contributed by atoms with E-state index in [9.17, 15) is 4.79 Å². The van der Waals surface area contributed by atoms with Crippen molar-refractivity contribution >= 4 is 34.8 Å². The first-order chi connectivity index (χ1) is 11.5. The molecule has 2 aromatic carbocycles. The highest BCUT2D eigenvalue weighted by Gasteiger charge is 2.13. The summed E-state index contributed by atoms with van der Waals surface area (Å²) in [6.07, 6.45) is 1.53. The first kappa shape index (κ1) is 16.4. The van der Waals surface area contributed by atoms with Gasteiger partial charge in [0.1, 0.15) is 0 Å². The standard InChI is InChI=1S/C18H13Cl2N3O/c1-11-14(10-21-17(22-11)12-5-3-2-4-6-12)18(24)23-13-7-8-15(19)16(20)9-13/h2-10H,1H3,(H,23,24). The molecule has 6 heteroatoms. The van der Waals surface area contributed by atoms with Gasteiger partial charge in [-0.05, 0) is 25.1 Å². The van der Waals surface area contributed by atoms with E-state index in [1.165, 1.54) is 6.20 Å². The van der Waals surface area contributed by atoms with Crippen molar-refractivity contribution < 1.29 is 4.79 Å². The third kappa shape index (κ3) is 3.55. The zero-order chi connectivity index (χ0) is 17.1. The van der Waals surface area contributed by atoms with E-state index in [4.69, 9.17) is 23.2 Å². The van der Waals surface area contributed by atoms with E-state index in [0.717, 1.165) is 5.56 Å². The third-order valence-corrected chi connectivity index (χ3v) is 4.17. The van der Waals surface area contributed by atoms with Crippen LogP contribution in [0.25, 0.3) is 11.4 Å². The first-order valence-electron chi connectivity index (χ1n) is 7.20. The molecule has 0 radical (unpaired) electrons. The Hall–Kier alpha value is -2.43. The van der Waals surface area contributed by atoms with Gasteiger partial charge in [0, 0.05) is 17.4 Å². The van der Waals surface area contributed by atoms with E-state index in [0.29, 0.717) is 32.8 Å². The van der Waals surface area contributed by atoms with Crippen molar-refractivity contribution in [3.05, 3.63) is 76.0 Å². The maximum absolute atomic E-state index is 12.4. The molecule has 1 heterocycles. The number of carbonyl (C=O) groups is 1. The van der Waals surface area contributed by atoms with Crippen LogP contribution in [-0.2, 0) is 0 Å². The molecule has 0 fully saturated rings. The second kappa shape index (κ2) is 6.99. The van der Waals surface area contributed by atoms with Gasteiger partial charge in [-0.25, -0.2) is 9.97 Å². The summed E-state index contributed by atoms with van der Waals surface area (Å²) in [6.45, 7) is 1.78. The minimum atomic E-state index is -0.300. The lowest BCUT2D eigenvalue weighted by Crippen LogP contribution is -2.15. The third-order valence-electron chi connectivity index (χ3n) is 3.43. The topological polar surface area (TPSA) is 54.9 Å².